The number of carbonyl (C=O) groups is 2. The van der Waals surface area contributed by atoms with Crippen LogP contribution in [0.1, 0.15) is 13.8 Å². The van der Waals surface area contributed by atoms with Crippen LogP contribution in [0, 0.1) is 5.92 Å². The van der Waals surface area contributed by atoms with E-state index in [0.717, 1.165) is 9.99 Å². The Bertz CT molecular complexity index is 475. The molecule has 1 N–H and O–H groups in total. The first-order chi connectivity index (χ1) is 9.52. The molecule has 110 valence electrons. The predicted octanol–water partition coefficient (Wildman–Crippen LogP) is 1.55. The van der Waals surface area contributed by atoms with Crippen molar-refractivity contribution in [3.63, 3.8) is 0 Å². The van der Waals surface area contributed by atoms with Gasteiger partial charge in [0.2, 0.25) is 5.91 Å². The first-order valence-corrected chi connectivity index (χ1v) is 8.22. The van der Waals surface area contributed by atoms with Gasteiger partial charge in [-0.25, -0.2) is 4.79 Å². The van der Waals surface area contributed by atoms with E-state index in [1.165, 1.54) is 34.5 Å². The summed E-state index contributed by atoms with van der Waals surface area (Å²) in [6.45, 7) is 7.19. The van der Waals surface area contributed by atoms with E-state index in [1.54, 1.807) is 6.92 Å². The zero-order valence-corrected chi connectivity index (χ0v) is 13.0. The quantitative estimate of drug-likeness (QED) is 0.456. The summed E-state index contributed by atoms with van der Waals surface area (Å²) in [7, 11) is 0. The number of aliphatic hydroxyl groups excluding tert-OH is 1. The molecule has 0 bridgehead atoms. The zero-order chi connectivity index (χ0) is 14.9. The number of fused-ring (bicyclic) bond motifs is 1. The van der Waals surface area contributed by atoms with Crippen LogP contribution in [0.5, 0.6) is 0 Å². The van der Waals surface area contributed by atoms with Crippen LogP contribution in [0.3, 0.4) is 0 Å². The summed E-state index contributed by atoms with van der Waals surface area (Å²) in [5.41, 5.74) is 0.315. The Morgan fingerprint density at radius 3 is 2.95 bits per heavy atom. The molecule has 2 aliphatic heterocycles. The highest BCUT2D eigenvalue weighted by Gasteiger charge is 2.57. The number of esters is 1. The number of hydrogen-bond acceptors (Lipinski definition) is 6. The molecule has 2 aliphatic rings. The van der Waals surface area contributed by atoms with Gasteiger partial charge in [-0.1, -0.05) is 31.3 Å². The smallest absolute Gasteiger partial charge is 0.357 e. The molecule has 0 aromatic carbocycles. The number of thioether (sulfide) groups is 2. The Morgan fingerprint density at radius 1 is 1.70 bits per heavy atom. The third-order valence-electron chi connectivity index (χ3n) is 3.07. The zero-order valence-electron chi connectivity index (χ0n) is 11.4. The fourth-order valence-corrected chi connectivity index (χ4v) is 5.00. The summed E-state index contributed by atoms with van der Waals surface area (Å²) in [6, 6.07) is 0. The molecule has 0 aromatic rings. The lowest BCUT2D eigenvalue weighted by Crippen LogP contribution is -2.60. The summed E-state index contributed by atoms with van der Waals surface area (Å²) in [4.78, 5) is 25.6. The van der Waals surface area contributed by atoms with Crippen molar-refractivity contribution in [2.75, 3.05) is 12.4 Å². The number of amides is 1. The number of nitrogens with zero attached hydrogens (tertiary/aromatic N) is 1. The van der Waals surface area contributed by atoms with Gasteiger partial charge < -0.3 is 9.84 Å². The Balaban J connectivity index is 2.21. The molecule has 0 saturated carbocycles. The molecule has 3 atom stereocenters. The van der Waals surface area contributed by atoms with Crippen molar-refractivity contribution < 1.29 is 19.4 Å². The van der Waals surface area contributed by atoms with Gasteiger partial charge in [-0.3, -0.25) is 9.69 Å². The molecule has 0 aliphatic carbocycles. The van der Waals surface area contributed by atoms with Crippen LogP contribution in [-0.2, 0) is 14.3 Å². The third-order valence-corrected chi connectivity index (χ3v) is 5.61. The predicted molar refractivity (Wildman–Crippen MR) is 79.7 cm³/mol. The second-order valence-electron chi connectivity index (χ2n) is 4.44. The molecule has 0 unspecified atom stereocenters. The van der Waals surface area contributed by atoms with E-state index in [4.69, 9.17) is 4.74 Å². The highest BCUT2D eigenvalue weighted by molar-refractivity contribution is 8.22. The van der Waals surface area contributed by atoms with Crippen LogP contribution >= 0.6 is 23.5 Å². The monoisotopic (exact) mass is 315 g/mol. The van der Waals surface area contributed by atoms with Crippen LogP contribution in [0.15, 0.2) is 22.6 Å². The lowest BCUT2D eigenvalue weighted by molar-refractivity contribution is -0.157. The second-order valence-corrected chi connectivity index (χ2v) is 7.10. The van der Waals surface area contributed by atoms with E-state index >= 15 is 0 Å². The van der Waals surface area contributed by atoms with Gasteiger partial charge in [0.15, 0.2) is 5.70 Å². The van der Waals surface area contributed by atoms with Gasteiger partial charge in [0, 0.05) is 0 Å². The standard InChI is InChI=1S/C13H17NO4S2/c1-4-6-18-12(17)9-13(19-5-2)20-11-8(7(3)15)10(16)14(9)11/h4,7-8,11,15H,1,5-6H2,2-3H3/t7-,8+,11+/m1/s1. The lowest BCUT2D eigenvalue weighted by Gasteiger charge is -2.43. The van der Waals surface area contributed by atoms with Crippen LogP contribution in [0.2, 0.25) is 0 Å². The Morgan fingerprint density at radius 2 is 2.40 bits per heavy atom. The van der Waals surface area contributed by atoms with Crippen molar-refractivity contribution >= 4 is 35.4 Å². The number of aliphatic hydroxyl groups is 1. The fourth-order valence-electron chi connectivity index (χ4n) is 2.18. The van der Waals surface area contributed by atoms with Crippen molar-refractivity contribution in [3.8, 4) is 0 Å². The normalized spacial score (nSPS) is 26.1. The molecule has 2 heterocycles. The van der Waals surface area contributed by atoms with Gasteiger partial charge in [0.05, 0.1) is 16.3 Å². The number of rotatable bonds is 6. The minimum Gasteiger partial charge on any atom is -0.457 e. The van der Waals surface area contributed by atoms with E-state index < -0.39 is 18.0 Å². The average Bonchev–Trinajstić information content (AvgIpc) is 2.70. The Labute approximate surface area is 126 Å². The first-order valence-electron chi connectivity index (χ1n) is 6.35. The molecular weight excluding hydrogens is 298 g/mol. The molecule has 1 fully saturated rings. The number of carbonyl (C=O) groups excluding carboxylic acids is 2. The molecule has 0 radical (unpaired) electrons. The van der Waals surface area contributed by atoms with E-state index in [9.17, 15) is 14.7 Å². The van der Waals surface area contributed by atoms with Crippen molar-refractivity contribution in [2.45, 2.75) is 25.3 Å². The van der Waals surface area contributed by atoms with Gasteiger partial charge >= 0.3 is 5.97 Å². The molecule has 1 amide bonds. The molecular formula is C13H17NO4S2. The average molecular weight is 315 g/mol. The largest absolute Gasteiger partial charge is 0.457 e. The van der Waals surface area contributed by atoms with Crippen molar-refractivity contribution in [1.82, 2.24) is 4.90 Å². The molecule has 2 rings (SSSR count). The first kappa shape index (κ1) is 15.5. The number of hydrogen-bond donors (Lipinski definition) is 1. The van der Waals surface area contributed by atoms with Gasteiger partial charge in [0.25, 0.3) is 0 Å². The Kier molecular flexibility index (Phi) is 4.82. The maximum absolute atomic E-state index is 12.1. The highest BCUT2D eigenvalue weighted by atomic mass is 32.2. The Hall–Kier alpha value is -0.920. The van der Waals surface area contributed by atoms with Crippen LogP contribution < -0.4 is 0 Å². The lowest BCUT2D eigenvalue weighted by atomic mass is 9.92. The maximum atomic E-state index is 12.1. The molecule has 1 saturated heterocycles. The van der Waals surface area contributed by atoms with Crippen LogP contribution in [0.4, 0.5) is 0 Å². The van der Waals surface area contributed by atoms with E-state index in [0.29, 0.717) is 5.70 Å². The summed E-state index contributed by atoms with van der Waals surface area (Å²) in [5, 5.41) is 9.46. The van der Waals surface area contributed by atoms with Gasteiger partial charge in [-0.2, -0.15) is 0 Å². The van der Waals surface area contributed by atoms with Crippen LogP contribution in [-0.4, -0.2) is 45.7 Å². The minimum absolute atomic E-state index is 0.115. The van der Waals surface area contributed by atoms with Crippen molar-refractivity contribution in [2.24, 2.45) is 5.92 Å². The molecule has 5 nitrogen and oxygen atoms in total. The fraction of sp³-hybridized carbons (Fsp3) is 0.538. The highest BCUT2D eigenvalue weighted by Crippen LogP contribution is 2.53. The molecule has 0 aromatic heterocycles. The van der Waals surface area contributed by atoms with E-state index in [-0.39, 0.29) is 17.9 Å². The molecule has 20 heavy (non-hydrogen) atoms. The summed E-state index contributed by atoms with van der Waals surface area (Å²) >= 11 is 2.97. The van der Waals surface area contributed by atoms with Crippen molar-refractivity contribution in [1.29, 1.82) is 0 Å². The minimum atomic E-state index is -0.715. The topological polar surface area (TPSA) is 66.8 Å². The van der Waals surface area contributed by atoms with E-state index in [2.05, 4.69) is 6.58 Å². The van der Waals surface area contributed by atoms with Gasteiger partial charge in [0.1, 0.15) is 12.0 Å². The second kappa shape index (κ2) is 6.24. The molecule has 7 heteroatoms. The summed E-state index contributed by atoms with van der Waals surface area (Å²) in [5.74, 6) is -0.366. The van der Waals surface area contributed by atoms with Gasteiger partial charge in [-0.05, 0) is 12.7 Å². The number of β-lactam (4-membered cyclic amide) rings is 1. The van der Waals surface area contributed by atoms with Crippen LogP contribution in [0.25, 0.3) is 0 Å². The van der Waals surface area contributed by atoms with Crippen molar-refractivity contribution in [3.05, 3.63) is 22.6 Å². The SMILES string of the molecule is C=CCOC(=O)C1=C(SCC)S[C@H]2[C@@H]([C@@H](C)O)C(=O)N12. The van der Waals surface area contributed by atoms with E-state index in [1.807, 2.05) is 6.92 Å². The van der Waals surface area contributed by atoms with Gasteiger partial charge in [-0.15, -0.1) is 11.8 Å². The summed E-state index contributed by atoms with van der Waals surface area (Å²) < 4.78 is 5.84. The molecule has 0 spiro atoms. The maximum Gasteiger partial charge on any atom is 0.357 e. The number of ether oxygens (including phenoxy) is 1. The summed E-state index contributed by atoms with van der Waals surface area (Å²) in [6.07, 6.45) is 0.772. The third kappa shape index (κ3) is 2.49.